The molecule has 2 aromatic heterocycles. The van der Waals surface area contributed by atoms with E-state index in [-0.39, 0.29) is 11.8 Å². The lowest BCUT2D eigenvalue weighted by atomic mass is 9.97. The zero-order chi connectivity index (χ0) is 24.1. The monoisotopic (exact) mass is 460 g/mol. The number of rotatable bonds is 8. The van der Waals surface area contributed by atoms with Crippen molar-refractivity contribution in [3.63, 3.8) is 0 Å². The average molecular weight is 461 g/mol. The molecule has 1 unspecified atom stereocenters. The lowest BCUT2D eigenvalue weighted by Gasteiger charge is -2.21. The molecule has 3 aromatic rings. The molecule has 1 aromatic carbocycles. The summed E-state index contributed by atoms with van der Waals surface area (Å²) < 4.78 is 1.63. The van der Waals surface area contributed by atoms with Gasteiger partial charge >= 0.3 is 0 Å². The molecule has 1 aliphatic rings. The summed E-state index contributed by atoms with van der Waals surface area (Å²) >= 11 is 0. The number of hydrogen-bond donors (Lipinski definition) is 3. The molecule has 8 nitrogen and oxygen atoms in total. The van der Waals surface area contributed by atoms with Crippen molar-refractivity contribution in [2.45, 2.75) is 52.0 Å². The second-order valence-electron chi connectivity index (χ2n) is 9.15. The maximum atomic E-state index is 13.0. The number of nitrogens with zero attached hydrogens (tertiary/aromatic N) is 3. The fourth-order valence-electron chi connectivity index (χ4n) is 4.39. The number of aryl methyl sites for hydroxylation is 3. The van der Waals surface area contributed by atoms with E-state index < -0.39 is 6.04 Å². The molecule has 1 atom stereocenters. The highest BCUT2D eigenvalue weighted by Crippen LogP contribution is 2.29. The van der Waals surface area contributed by atoms with E-state index >= 15 is 0 Å². The molecule has 1 fully saturated rings. The minimum Gasteiger partial charge on any atom is -0.354 e. The number of anilines is 3. The van der Waals surface area contributed by atoms with Crippen molar-refractivity contribution in [3.05, 3.63) is 65.7 Å². The van der Waals surface area contributed by atoms with Crippen LogP contribution in [-0.4, -0.2) is 32.6 Å². The molecule has 178 valence electrons. The van der Waals surface area contributed by atoms with Crippen molar-refractivity contribution in [1.29, 1.82) is 0 Å². The normalized spacial score (nSPS) is 14.6. The summed E-state index contributed by atoms with van der Waals surface area (Å²) in [6.07, 6.45) is 10.4. The summed E-state index contributed by atoms with van der Waals surface area (Å²) in [5.41, 5.74) is 4.90. The lowest BCUT2D eigenvalue weighted by molar-refractivity contribution is -0.118. The van der Waals surface area contributed by atoms with Crippen LogP contribution in [0.25, 0.3) is 0 Å². The Morgan fingerprint density at radius 2 is 1.82 bits per heavy atom. The molecular weight excluding hydrogens is 428 g/mol. The van der Waals surface area contributed by atoms with Gasteiger partial charge in [-0.15, -0.1) is 0 Å². The molecule has 3 N–H and O–H groups in total. The van der Waals surface area contributed by atoms with Gasteiger partial charge in [-0.1, -0.05) is 25.7 Å². The van der Waals surface area contributed by atoms with Crippen molar-refractivity contribution < 1.29 is 9.59 Å². The van der Waals surface area contributed by atoms with Crippen LogP contribution >= 0.6 is 0 Å². The van der Waals surface area contributed by atoms with Crippen molar-refractivity contribution in [3.8, 4) is 0 Å². The summed E-state index contributed by atoms with van der Waals surface area (Å²) in [4.78, 5) is 30.4. The fraction of sp³-hybridized carbons (Fsp3) is 0.385. The number of carbonyl (C=O) groups is 2. The van der Waals surface area contributed by atoms with E-state index in [1.165, 1.54) is 12.8 Å². The van der Waals surface area contributed by atoms with Gasteiger partial charge in [0.25, 0.3) is 5.91 Å². The molecular formula is C26H32N6O2. The van der Waals surface area contributed by atoms with Gasteiger partial charge in [0.2, 0.25) is 5.91 Å². The number of nitrogens with one attached hydrogen (secondary N) is 3. The number of pyridine rings is 1. The molecule has 2 heterocycles. The van der Waals surface area contributed by atoms with Crippen LogP contribution in [0.5, 0.6) is 0 Å². The maximum Gasteiger partial charge on any atom is 0.251 e. The molecule has 0 radical (unpaired) electrons. The first-order valence-corrected chi connectivity index (χ1v) is 11.8. The van der Waals surface area contributed by atoms with E-state index in [2.05, 4.69) is 26.0 Å². The van der Waals surface area contributed by atoms with Crippen LogP contribution in [0.1, 0.15) is 53.7 Å². The summed E-state index contributed by atoms with van der Waals surface area (Å²) in [7, 11) is 1.79. The molecule has 34 heavy (non-hydrogen) atoms. The largest absolute Gasteiger partial charge is 0.354 e. The van der Waals surface area contributed by atoms with Gasteiger partial charge in [-0.3, -0.25) is 19.3 Å². The molecule has 0 aliphatic heterocycles. The van der Waals surface area contributed by atoms with E-state index in [9.17, 15) is 9.59 Å². The molecule has 1 saturated carbocycles. The van der Waals surface area contributed by atoms with Crippen LogP contribution in [0.15, 0.2) is 48.9 Å². The van der Waals surface area contributed by atoms with Gasteiger partial charge in [0.15, 0.2) is 0 Å². The van der Waals surface area contributed by atoms with Crippen molar-refractivity contribution >= 4 is 28.9 Å². The number of benzene rings is 1. The third kappa shape index (κ3) is 6.01. The van der Waals surface area contributed by atoms with Gasteiger partial charge in [-0.2, -0.15) is 5.10 Å². The van der Waals surface area contributed by atoms with Crippen LogP contribution in [0.3, 0.4) is 0 Å². The average Bonchev–Trinajstić information content (AvgIpc) is 3.48. The highest BCUT2D eigenvalue weighted by Gasteiger charge is 2.27. The van der Waals surface area contributed by atoms with Gasteiger partial charge in [-0.05, 0) is 62.1 Å². The summed E-state index contributed by atoms with van der Waals surface area (Å²) in [6, 6.07) is 8.69. The first-order chi connectivity index (χ1) is 16.4. The van der Waals surface area contributed by atoms with Gasteiger partial charge < -0.3 is 16.0 Å². The summed E-state index contributed by atoms with van der Waals surface area (Å²) in [5, 5.41) is 13.3. The van der Waals surface area contributed by atoms with E-state index in [1.807, 2.05) is 38.2 Å². The van der Waals surface area contributed by atoms with Gasteiger partial charge in [0, 0.05) is 30.7 Å². The van der Waals surface area contributed by atoms with Crippen LogP contribution in [-0.2, 0) is 11.8 Å². The van der Waals surface area contributed by atoms with Crippen molar-refractivity contribution in [2.24, 2.45) is 13.0 Å². The summed E-state index contributed by atoms with van der Waals surface area (Å²) in [6.45, 7) is 3.95. The van der Waals surface area contributed by atoms with E-state index in [4.69, 9.17) is 0 Å². The Hall–Kier alpha value is -3.68. The molecule has 2 amide bonds. The van der Waals surface area contributed by atoms with Crippen LogP contribution in [0.4, 0.5) is 17.1 Å². The standard InChI is InChI=1S/C26H32N6O2/c1-17-12-23(18(2)27-14-17)29-21-10-8-20(9-11-21)25(33)31-24(13-19-6-4-5-7-19)26(34)30-22-15-28-32(3)16-22/h8-12,14-16,19,24,29H,4-7,13H2,1-3H3,(H,30,34)(H,31,33). The molecule has 0 saturated heterocycles. The highest BCUT2D eigenvalue weighted by molar-refractivity contribution is 6.01. The Bertz CT molecular complexity index is 1150. The zero-order valence-corrected chi connectivity index (χ0v) is 20.0. The van der Waals surface area contributed by atoms with E-state index in [0.717, 1.165) is 35.5 Å². The second kappa shape index (κ2) is 10.5. The van der Waals surface area contributed by atoms with E-state index in [0.29, 0.717) is 23.6 Å². The van der Waals surface area contributed by atoms with Gasteiger partial charge in [0.05, 0.1) is 23.3 Å². The predicted octanol–water partition coefficient (Wildman–Crippen LogP) is 4.49. The maximum absolute atomic E-state index is 13.0. The number of aromatic nitrogens is 3. The Morgan fingerprint density at radius 3 is 2.50 bits per heavy atom. The number of amides is 2. The molecule has 4 rings (SSSR count). The Kier molecular flexibility index (Phi) is 7.25. The second-order valence-corrected chi connectivity index (χ2v) is 9.15. The molecule has 0 bridgehead atoms. The zero-order valence-electron chi connectivity index (χ0n) is 20.0. The van der Waals surface area contributed by atoms with E-state index in [1.54, 1.807) is 36.3 Å². The Balaban J connectivity index is 1.43. The van der Waals surface area contributed by atoms with Gasteiger partial charge in [-0.25, -0.2) is 0 Å². The lowest BCUT2D eigenvalue weighted by Crippen LogP contribution is -2.44. The Labute approximate surface area is 200 Å². The topological polar surface area (TPSA) is 101 Å². The number of carbonyl (C=O) groups excluding carboxylic acids is 2. The first kappa shape index (κ1) is 23.5. The molecule has 8 heteroatoms. The van der Waals surface area contributed by atoms with Crippen molar-refractivity contribution in [1.82, 2.24) is 20.1 Å². The van der Waals surface area contributed by atoms with Crippen molar-refractivity contribution in [2.75, 3.05) is 10.6 Å². The predicted molar refractivity (Wildman–Crippen MR) is 133 cm³/mol. The van der Waals surface area contributed by atoms with Gasteiger partial charge in [0.1, 0.15) is 6.04 Å². The first-order valence-electron chi connectivity index (χ1n) is 11.8. The minimum atomic E-state index is -0.602. The molecule has 0 spiro atoms. The summed E-state index contributed by atoms with van der Waals surface area (Å²) in [5.74, 6) is -0.0269. The third-order valence-corrected chi connectivity index (χ3v) is 6.29. The number of hydrogen-bond acceptors (Lipinski definition) is 5. The fourth-order valence-corrected chi connectivity index (χ4v) is 4.39. The highest BCUT2D eigenvalue weighted by atomic mass is 16.2. The van der Waals surface area contributed by atoms with Crippen LogP contribution in [0.2, 0.25) is 0 Å². The minimum absolute atomic E-state index is 0.214. The Morgan fingerprint density at radius 1 is 1.09 bits per heavy atom. The smallest absolute Gasteiger partial charge is 0.251 e. The van der Waals surface area contributed by atoms with Crippen LogP contribution in [0, 0.1) is 19.8 Å². The SMILES string of the molecule is Cc1cnc(C)c(Nc2ccc(C(=O)NC(CC3CCCC3)C(=O)Nc3cnn(C)c3)cc2)c1. The quantitative estimate of drug-likeness (QED) is 0.460. The third-order valence-electron chi connectivity index (χ3n) is 6.29. The molecule has 1 aliphatic carbocycles. The van der Waals surface area contributed by atoms with Crippen LogP contribution < -0.4 is 16.0 Å².